The minimum atomic E-state index is -0.113. The van der Waals surface area contributed by atoms with Crippen molar-refractivity contribution < 1.29 is 4.79 Å². The lowest BCUT2D eigenvalue weighted by molar-refractivity contribution is -0.139. The van der Waals surface area contributed by atoms with Gasteiger partial charge in [-0.05, 0) is 47.6 Å². The van der Waals surface area contributed by atoms with Crippen LogP contribution in [0.4, 0.5) is 0 Å². The molecular weight excluding hydrogens is 406 g/mol. The largest absolute Gasteiger partial charge is 0.335 e. The van der Waals surface area contributed by atoms with Crippen molar-refractivity contribution in [2.75, 3.05) is 19.6 Å². The van der Waals surface area contributed by atoms with Crippen molar-refractivity contribution in [2.45, 2.75) is 30.7 Å². The maximum absolute atomic E-state index is 14.0. The highest BCUT2D eigenvalue weighted by Crippen LogP contribution is 2.41. The maximum Gasteiger partial charge on any atom is 0.228 e. The average Bonchev–Trinajstić information content (AvgIpc) is 3.39. The number of amides is 1. The van der Waals surface area contributed by atoms with E-state index in [2.05, 4.69) is 76.9 Å². The van der Waals surface area contributed by atoms with Gasteiger partial charge in [-0.2, -0.15) is 5.26 Å². The number of hydrogen-bond donors (Lipinski definition) is 1. The number of rotatable bonds is 4. The molecule has 0 aromatic heterocycles. The summed E-state index contributed by atoms with van der Waals surface area (Å²) in [4.78, 5) is 16.1. The van der Waals surface area contributed by atoms with Crippen LogP contribution >= 0.6 is 0 Å². The number of nitrogens with zero attached hydrogens (tertiary/aromatic N) is 2. The summed E-state index contributed by atoms with van der Waals surface area (Å²) in [5.41, 5.74) is 4.30. The molecule has 166 valence electrons. The number of nitriles is 1. The van der Waals surface area contributed by atoms with E-state index >= 15 is 0 Å². The van der Waals surface area contributed by atoms with Gasteiger partial charge in [0.05, 0.1) is 23.6 Å². The minimum absolute atomic E-state index is 0.0735. The summed E-state index contributed by atoms with van der Waals surface area (Å²) >= 11 is 0. The molecule has 33 heavy (non-hydrogen) atoms. The lowest BCUT2D eigenvalue weighted by Crippen LogP contribution is -2.45. The van der Waals surface area contributed by atoms with E-state index < -0.39 is 0 Å². The van der Waals surface area contributed by atoms with E-state index in [9.17, 15) is 10.1 Å². The average molecular weight is 436 g/mol. The molecule has 4 nitrogen and oxygen atoms in total. The van der Waals surface area contributed by atoms with E-state index in [1.165, 1.54) is 11.1 Å². The zero-order valence-corrected chi connectivity index (χ0v) is 18.7. The number of piperidine rings is 1. The SMILES string of the molecule is N#Cc1cccc([C@@H]2CNC[C@H]2C(=O)N2CC[C@H](c3ccccc3)C[C@@H]2c2ccccc2)c1. The number of hydrogen-bond acceptors (Lipinski definition) is 3. The second-order valence-electron chi connectivity index (χ2n) is 9.20. The van der Waals surface area contributed by atoms with Gasteiger partial charge in [-0.3, -0.25) is 4.79 Å². The van der Waals surface area contributed by atoms with Crippen LogP contribution < -0.4 is 5.32 Å². The Balaban J connectivity index is 1.42. The summed E-state index contributed by atoms with van der Waals surface area (Å²) in [7, 11) is 0. The van der Waals surface area contributed by atoms with E-state index in [0.717, 1.165) is 31.5 Å². The standard InChI is InChI=1S/C29H29N3O/c30-18-21-8-7-13-25(16-21)26-19-31-20-27(26)29(33)32-15-14-24(22-9-3-1-4-10-22)17-28(32)23-11-5-2-6-12-23/h1-13,16,24,26-28,31H,14-15,17,19-20H2/t24-,26-,27+,28+/m0/s1. The quantitative estimate of drug-likeness (QED) is 0.627. The molecule has 0 aliphatic carbocycles. The van der Waals surface area contributed by atoms with Crippen LogP contribution in [-0.2, 0) is 4.79 Å². The Morgan fingerprint density at radius 2 is 1.58 bits per heavy atom. The Morgan fingerprint density at radius 1 is 0.879 bits per heavy atom. The van der Waals surface area contributed by atoms with Gasteiger partial charge in [0.1, 0.15) is 0 Å². The Labute approximate surface area is 195 Å². The molecule has 2 heterocycles. The zero-order chi connectivity index (χ0) is 22.6. The molecule has 0 bridgehead atoms. The van der Waals surface area contributed by atoms with Gasteiger partial charge in [-0.1, -0.05) is 72.8 Å². The molecule has 3 aromatic carbocycles. The number of carbonyl (C=O) groups is 1. The summed E-state index contributed by atoms with van der Waals surface area (Å²) in [6.07, 6.45) is 1.92. The number of benzene rings is 3. The van der Waals surface area contributed by atoms with E-state index in [0.29, 0.717) is 18.0 Å². The molecule has 3 aromatic rings. The van der Waals surface area contributed by atoms with E-state index in [1.54, 1.807) is 0 Å². The lowest BCUT2D eigenvalue weighted by atomic mass is 9.81. The van der Waals surface area contributed by atoms with Crippen LogP contribution in [0, 0.1) is 17.2 Å². The number of likely N-dealkylation sites (tertiary alicyclic amines) is 1. The second kappa shape index (κ2) is 9.60. The lowest BCUT2D eigenvalue weighted by Gasteiger charge is -2.42. The van der Waals surface area contributed by atoms with Crippen LogP contribution in [0.5, 0.6) is 0 Å². The molecule has 0 unspecified atom stereocenters. The zero-order valence-electron chi connectivity index (χ0n) is 18.7. The molecule has 2 saturated heterocycles. The summed E-state index contributed by atoms with van der Waals surface area (Å²) in [5.74, 6) is 0.658. The Morgan fingerprint density at radius 3 is 2.30 bits per heavy atom. The fourth-order valence-corrected chi connectivity index (χ4v) is 5.59. The highest BCUT2D eigenvalue weighted by molar-refractivity contribution is 5.81. The first-order chi connectivity index (χ1) is 16.2. The van der Waals surface area contributed by atoms with Crippen LogP contribution in [0.2, 0.25) is 0 Å². The highest BCUT2D eigenvalue weighted by atomic mass is 16.2. The Kier molecular flexibility index (Phi) is 6.24. The Hall–Kier alpha value is -3.42. The first-order valence-electron chi connectivity index (χ1n) is 11.9. The molecule has 0 radical (unpaired) electrons. The maximum atomic E-state index is 14.0. The van der Waals surface area contributed by atoms with Gasteiger partial charge in [0.2, 0.25) is 5.91 Å². The third kappa shape index (κ3) is 4.42. The van der Waals surface area contributed by atoms with Crippen molar-refractivity contribution in [2.24, 2.45) is 5.92 Å². The van der Waals surface area contributed by atoms with E-state index in [4.69, 9.17) is 0 Å². The second-order valence-corrected chi connectivity index (χ2v) is 9.20. The molecule has 4 heteroatoms. The van der Waals surface area contributed by atoms with Crippen molar-refractivity contribution >= 4 is 5.91 Å². The van der Waals surface area contributed by atoms with Crippen molar-refractivity contribution in [3.63, 3.8) is 0 Å². The van der Waals surface area contributed by atoms with Crippen LogP contribution in [0.15, 0.2) is 84.9 Å². The van der Waals surface area contributed by atoms with Crippen molar-refractivity contribution in [3.05, 3.63) is 107 Å². The molecule has 2 aliphatic heterocycles. The topological polar surface area (TPSA) is 56.1 Å². The fraction of sp³-hybridized carbons (Fsp3) is 0.310. The van der Waals surface area contributed by atoms with Crippen LogP contribution in [0.3, 0.4) is 0 Å². The predicted molar refractivity (Wildman–Crippen MR) is 130 cm³/mol. The fourth-order valence-electron chi connectivity index (χ4n) is 5.59. The van der Waals surface area contributed by atoms with Crippen LogP contribution in [0.1, 0.15) is 53.0 Å². The molecule has 5 rings (SSSR count). The summed E-state index contributed by atoms with van der Waals surface area (Å²) in [5, 5.41) is 12.8. The molecule has 1 N–H and O–H groups in total. The van der Waals surface area contributed by atoms with Crippen molar-refractivity contribution in [1.82, 2.24) is 10.2 Å². The summed E-state index contributed by atoms with van der Waals surface area (Å²) in [6.45, 7) is 2.21. The molecular formula is C29H29N3O. The van der Waals surface area contributed by atoms with Crippen LogP contribution in [0.25, 0.3) is 0 Å². The molecule has 0 saturated carbocycles. The number of carbonyl (C=O) groups excluding carboxylic acids is 1. The molecule has 2 aliphatic rings. The van der Waals surface area contributed by atoms with Crippen molar-refractivity contribution in [1.29, 1.82) is 5.26 Å². The normalized spacial score (nSPS) is 24.9. The van der Waals surface area contributed by atoms with Crippen LogP contribution in [-0.4, -0.2) is 30.4 Å². The smallest absolute Gasteiger partial charge is 0.228 e. The van der Waals surface area contributed by atoms with E-state index in [-0.39, 0.29) is 23.8 Å². The van der Waals surface area contributed by atoms with Crippen molar-refractivity contribution in [3.8, 4) is 6.07 Å². The monoisotopic (exact) mass is 435 g/mol. The van der Waals surface area contributed by atoms with Gasteiger partial charge in [-0.15, -0.1) is 0 Å². The van der Waals surface area contributed by atoms with Gasteiger partial charge in [0, 0.05) is 25.6 Å². The minimum Gasteiger partial charge on any atom is -0.335 e. The van der Waals surface area contributed by atoms with Gasteiger partial charge in [0.25, 0.3) is 0 Å². The first kappa shape index (κ1) is 21.4. The first-order valence-corrected chi connectivity index (χ1v) is 11.9. The molecule has 1 amide bonds. The van der Waals surface area contributed by atoms with Gasteiger partial charge in [0.15, 0.2) is 0 Å². The predicted octanol–water partition coefficient (Wildman–Crippen LogP) is 5.01. The summed E-state index contributed by atoms with van der Waals surface area (Å²) in [6, 6.07) is 31.2. The van der Waals surface area contributed by atoms with Gasteiger partial charge < -0.3 is 10.2 Å². The molecule has 2 fully saturated rings. The number of nitrogens with one attached hydrogen (secondary N) is 1. The molecule has 0 spiro atoms. The van der Waals surface area contributed by atoms with E-state index in [1.807, 2.05) is 24.3 Å². The molecule has 4 atom stereocenters. The highest BCUT2D eigenvalue weighted by Gasteiger charge is 2.41. The third-order valence-electron chi connectivity index (χ3n) is 7.32. The summed E-state index contributed by atoms with van der Waals surface area (Å²) < 4.78 is 0. The van der Waals surface area contributed by atoms with Gasteiger partial charge in [-0.25, -0.2) is 0 Å². The third-order valence-corrected chi connectivity index (χ3v) is 7.32. The Bertz CT molecular complexity index is 1140. The van der Waals surface area contributed by atoms with Gasteiger partial charge >= 0.3 is 0 Å².